The summed E-state index contributed by atoms with van der Waals surface area (Å²) in [5, 5.41) is 1.94. The largest absolute Gasteiger partial charge is 0.365 e. The van der Waals surface area contributed by atoms with Gasteiger partial charge in [-0.15, -0.1) is 0 Å². The summed E-state index contributed by atoms with van der Waals surface area (Å²) < 4.78 is -1.99. The number of carbonyl (C=O) groups is 2. The molecule has 6 heteroatoms. The fourth-order valence-corrected chi connectivity index (χ4v) is 0.549. The monoisotopic (exact) mass is 184 g/mol. The molecule has 0 aromatic heterocycles. The Morgan fingerprint density at radius 3 is 2.00 bits per heavy atom. The number of nitrogens with one attached hydrogen (secondary N) is 1. The summed E-state index contributed by atoms with van der Waals surface area (Å²) >= 11 is 10.5. The molecule has 0 saturated carbocycles. The standard InChI is InChI=1S/C4H6Cl2N2O2/c1-2(9)8-4(5,6)3(7)10/h1H3,(H2,7,10)(H,8,9). The maximum atomic E-state index is 10.3. The van der Waals surface area contributed by atoms with E-state index in [9.17, 15) is 9.59 Å². The van der Waals surface area contributed by atoms with Crippen molar-refractivity contribution in [2.45, 2.75) is 11.4 Å². The molecule has 0 aliphatic heterocycles. The maximum absolute atomic E-state index is 10.3. The van der Waals surface area contributed by atoms with E-state index in [-0.39, 0.29) is 0 Å². The van der Waals surface area contributed by atoms with E-state index in [1.807, 2.05) is 5.32 Å². The van der Waals surface area contributed by atoms with Crippen LogP contribution >= 0.6 is 23.2 Å². The van der Waals surface area contributed by atoms with Gasteiger partial charge in [-0.3, -0.25) is 9.59 Å². The van der Waals surface area contributed by atoms with Crippen LogP contribution in [0.4, 0.5) is 0 Å². The highest BCUT2D eigenvalue weighted by Crippen LogP contribution is 2.15. The number of alkyl halides is 2. The van der Waals surface area contributed by atoms with E-state index in [0.717, 1.165) is 0 Å². The Morgan fingerprint density at radius 2 is 1.90 bits per heavy atom. The van der Waals surface area contributed by atoms with Crippen molar-refractivity contribution < 1.29 is 9.59 Å². The predicted octanol–water partition coefficient (Wildman–Crippen LogP) is -0.261. The molecule has 0 radical (unpaired) electrons. The minimum atomic E-state index is -1.99. The average molecular weight is 185 g/mol. The van der Waals surface area contributed by atoms with Crippen LogP contribution < -0.4 is 11.1 Å². The van der Waals surface area contributed by atoms with Gasteiger partial charge >= 0.3 is 0 Å². The van der Waals surface area contributed by atoms with Crippen molar-refractivity contribution in [3.05, 3.63) is 0 Å². The molecule has 0 aromatic rings. The molecular weight excluding hydrogens is 179 g/mol. The number of amides is 2. The summed E-state index contributed by atoms with van der Waals surface area (Å²) in [5.41, 5.74) is 4.70. The zero-order chi connectivity index (χ0) is 8.36. The molecule has 0 bridgehead atoms. The summed E-state index contributed by atoms with van der Waals surface area (Å²) in [6, 6.07) is 0. The topological polar surface area (TPSA) is 72.2 Å². The second-order valence-corrected chi connectivity index (χ2v) is 2.95. The van der Waals surface area contributed by atoms with E-state index in [1.54, 1.807) is 0 Å². The van der Waals surface area contributed by atoms with Crippen molar-refractivity contribution in [1.29, 1.82) is 0 Å². The SMILES string of the molecule is CC(=O)NC(Cl)(Cl)C(N)=O. The Labute approximate surface area is 67.7 Å². The van der Waals surface area contributed by atoms with E-state index in [1.165, 1.54) is 6.92 Å². The summed E-state index contributed by atoms with van der Waals surface area (Å²) in [7, 11) is 0. The molecular formula is C4H6Cl2N2O2. The molecule has 3 N–H and O–H groups in total. The smallest absolute Gasteiger partial charge is 0.275 e. The minimum absolute atomic E-state index is 0.524. The van der Waals surface area contributed by atoms with Gasteiger partial charge in [0.05, 0.1) is 0 Å². The second-order valence-electron chi connectivity index (χ2n) is 1.62. The number of primary amides is 1. The highest BCUT2D eigenvalue weighted by molar-refractivity contribution is 6.58. The lowest BCUT2D eigenvalue weighted by Gasteiger charge is -2.14. The van der Waals surface area contributed by atoms with Crippen LogP contribution in [-0.4, -0.2) is 16.3 Å². The van der Waals surface area contributed by atoms with Gasteiger partial charge in [0.15, 0.2) is 0 Å². The fourth-order valence-electron chi connectivity index (χ4n) is 0.283. The van der Waals surface area contributed by atoms with Crippen LogP contribution in [0.25, 0.3) is 0 Å². The van der Waals surface area contributed by atoms with Crippen molar-refractivity contribution in [2.75, 3.05) is 0 Å². The number of hydrogen-bond acceptors (Lipinski definition) is 2. The Morgan fingerprint density at radius 1 is 1.50 bits per heavy atom. The van der Waals surface area contributed by atoms with E-state index < -0.39 is 16.3 Å². The zero-order valence-electron chi connectivity index (χ0n) is 5.15. The maximum Gasteiger partial charge on any atom is 0.275 e. The molecule has 0 rings (SSSR count). The van der Waals surface area contributed by atoms with Gasteiger partial charge in [0.1, 0.15) is 0 Å². The molecule has 0 fully saturated rings. The van der Waals surface area contributed by atoms with Gasteiger partial charge in [-0.25, -0.2) is 0 Å². The van der Waals surface area contributed by atoms with E-state index in [0.29, 0.717) is 0 Å². The van der Waals surface area contributed by atoms with E-state index >= 15 is 0 Å². The van der Waals surface area contributed by atoms with Gasteiger partial charge in [0.2, 0.25) is 5.91 Å². The molecule has 0 aliphatic carbocycles. The normalized spacial score (nSPS) is 10.7. The van der Waals surface area contributed by atoms with Crippen LogP contribution in [0.15, 0.2) is 0 Å². The lowest BCUT2D eigenvalue weighted by molar-refractivity contribution is -0.125. The first-order valence-corrected chi connectivity index (χ1v) is 3.08. The van der Waals surface area contributed by atoms with Gasteiger partial charge in [-0.2, -0.15) is 0 Å². The van der Waals surface area contributed by atoms with Crippen LogP contribution in [0.1, 0.15) is 6.92 Å². The molecule has 0 atom stereocenters. The Hall–Kier alpha value is -0.480. The lowest BCUT2D eigenvalue weighted by atomic mass is 10.5. The number of carbonyl (C=O) groups excluding carboxylic acids is 2. The van der Waals surface area contributed by atoms with Crippen LogP contribution in [0.5, 0.6) is 0 Å². The molecule has 0 aliphatic rings. The number of rotatable bonds is 2. The lowest BCUT2D eigenvalue weighted by Crippen LogP contribution is -2.48. The van der Waals surface area contributed by atoms with Crippen LogP contribution in [-0.2, 0) is 9.59 Å². The summed E-state index contributed by atoms with van der Waals surface area (Å²) in [6.07, 6.45) is 0. The van der Waals surface area contributed by atoms with Crippen molar-refractivity contribution in [2.24, 2.45) is 5.73 Å². The van der Waals surface area contributed by atoms with Crippen molar-refractivity contribution >= 4 is 35.0 Å². The van der Waals surface area contributed by atoms with Gasteiger partial charge in [-0.1, -0.05) is 23.2 Å². The first-order chi connectivity index (χ1) is 4.36. The van der Waals surface area contributed by atoms with Gasteiger partial charge in [-0.05, 0) is 0 Å². The summed E-state index contributed by atoms with van der Waals surface area (Å²) in [5.74, 6) is -1.53. The highest BCUT2D eigenvalue weighted by atomic mass is 35.5. The molecule has 2 amide bonds. The third kappa shape index (κ3) is 2.89. The molecule has 10 heavy (non-hydrogen) atoms. The number of nitrogens with two attached hydrogens (primary N) is 1. The molecule has 0 spiro atoms. The number of halogens is 2. The molecule has 4 nitrogen and oxygen atoms in total. The Kier molecular flexibility index (Phi) is 2.93. The van der Waals surface area contributed by atoms with Crippen LogP contribution in [0.2, 0.25) is 0 Å². The number of hydrogen-bond donors (Lipinski definition) is 2. The van der Waals surface area contributed by atoms with Crippen LogP contribution in [0, 0.1) is 0 Å². The molecule has 0 heterocycles. The second kappa shape index (κ2) is 3.07. The van der Waals surface area contributed by atoms with E-state index in [4.69, 9.17) is 28.9 Å². The van der Waals surface area contributed by atoms with Crippen LogP contribution in [0.3, 0.4) is 0 Å². The quantitative estimate of drug-likeness (QED) is 0.459. The van der Waals surface area contributed by atoms with Crippen molar-refractivity contribution in [1.82, 2.24) is 5.32 Å². The first kappa shape index (κ1) is 9.52. The predicted molar refractivity (Wildman–Crippen MR) is 37.4 cm³/mol. The first-order valence-electron chi connectivity index (χ1n) is 2.32. The Bertz CT molecular complexity index is 169. The Balaban J connectivity index is 4.13. The molecule has 0 aromatic carbocycles. The van der Waals surface area contributed by atoms with Crippen molar-refractivity contribution in [3.63, 3.8) is 0 Å². The summed E-state index contributed by atoms with van der Waals surface area (Å²) in [4.78, 5) is 20.6. The van der Waals surface area contributed by atoms with Crippen molar-refractivity contribution in [3.8, 4) is 0 Å². The third-order valence-electron chi connectivity index (χ3n) is 0.642. The van der Waals surface area contributed by atoms with Gasteiger partial charge in [0, 0.05) is 6.92 Å². The highest BCUT2D eigenvalue weighted by Gasteiger charge is 2.31. The third-order valence-corrected chi connectivity index (χ3v) is 1.20. The molecule has 58 valence electrons. The molecule has 0 saturated heterocycles. The van der Waals surface area contributed by atoms with Gasteiger partial charge < -0.3 is 11.1 Å². The van der Waals surface area contributed by atoms with Gasteiger partial charge in [0.25, 0.3) is 10.4 Å². The van der Waals surface area contributed by atoms with E-state index in [2.05, 4.69) is 0 Å². The zero-order valence-corrected chi connectivity index (χ0v) is 6.66. The average Bonchev–Trinajstić information content (AvgIpc) is 1.60. The molecule has 0 unspecified atom stereocenters. The summed E-state index contributed by atoms with van der Waals surface area (Å²) in [6.45, 7) is 1.17. The fraction of sp³-hybridized carbons (Fsp3) is 0.500. The minimum Gasteiger partial charge on any atom is -0.365 e.